The lowest BCUT2D eigenvalue weighted by Crippen LogP contribution is -2.03. The van der Waals surface area contributed by atoms with E-state index in [1.165, 1.54) is 11.1 Å². The van der Waals surface area contributed by atoms with Crippen LogP contribution in [0.2, 0.25) is 0 Å². The average molecular weight is 780 g/mol. The first-order valence-corrected chi connectivity index (χ1v) is 20.5. The van der Waals surface area contributed by atoms with Crippen LogP contribution in [0.3, 0.4) is 0 Å². The average Bonchev–Trinajstić information content (AvgIpc) is 3.69. The van der Waals surface area contributed by atoms with Gasteiger partial charge >= 0.3 is 0 Å². The molecule has 0 atom stereocenters. The van der Waals surface area contributed by atoms with Crippen LogP contribution in [0.1, 0.15) is 0 Å². The Morgan fingerprint density at radius 3 is 1.15 bits per heavy atom. The maximum Gasteiger partial charge on any atom is 0.163 e. The highest BCUT2D eigenvalue weighted by molar-refractivity contribution is 6.06. The largest absolute Gasteiger partial charge is 0.277 e. The van der Waals surface area contributed by atoms with E-state index < -0.39 is 0 Å². The maximum atomic E-state index is 5.24. The first-order chi connectivity index (χ1) is 30.2. The SMILES string of the molecule is c1ccc(-c2ccc(-c3cc(-c4ccc(-c5c6ccccc6c6nc(-c7ccccc7)nc(-c7ccccc7)n56)cc4)nc(-c4ccc(-c5ccccc5)cc4)n3)cc2)cc1. The first-order valence-electron chi connectivity index (χ1n) is 20.5. The molecule has 0 aliphatic heterocycles. The van der Waals surface area contributed by atoms with Crippen LogP contribution in [-0.2, 0) is 0 Å². The standard InChI is InChI=1S/C56H37N5/c1-5-15-38(16-6-1)40-25-29-42(30-26-40)50-37-51(58-53(57-50)46-35-27-41(28-36-46)39-17-7-2-8-18-39)43-31-33-44(34-32-43)52-48-23-13-14-24-49(48)56-60-54(45-19-9-3-10-20-45)59-55(61(52)56)47-21-11-4-12-22-47/h1-37H. The normalized spacial score (nSPS) is 11.3. The Balaban J connectivity index is 1.04. The number of hydrogen-bond acceptors (Lipinski definition) is 4. The summed E-state index contributed by atoms with van der Waals surface area (Å²) in [7, 11) is 0. The minimum Gasteiger partial charge on any atom is -0.277 e. The Hall–Kier alpha value is -8.28. The molecule has 0 unspecified atom stereocenters. The highest BCUT2D eigenvalue weighted by Gasteiger charge is 2.21. The molecule has 3 aromatic heterocycles. The summed E-state index contributed by atoms with van der Waals surface area (Å²) in [5.74, 6) is 2.20. The maximum absolute atomic E-state index is 5.24. The van der Waals surface area contributed by atoms with Crippen molar-refractivity contribution in [2.24, 2.45) is 0 Å². The van der Waals surface area contributed by atoms with E-state index in [1.54, 1.807) is 0 Å². The van der Waals surface area contributed by atoms with Crippen molar-refractivity contribution in [1.82, 2.24) is 24.3 Å². The van der Waals surface area contributed by atoms with Gasteiger partial charge in [-0.25, -0.2) is 19.9 Å². The van der Waals surface area contributed by atoms with Gasteiger partial charge < -0.3 is 0 Å². The lowest BCUT2D eigenvalue weighted by molar-refractivity contribution is 1.05. The second kappa shape index (κ2) is 15.5. The fourth-order valence-electron chi connectivity index (χ4n) is 8.18. The lowest BCUT2D eigenvalue weighted by Gasteiger charge is -2.13. The van der Waals surface area contributed by atoms with Gasteiger partial charge in [0.1, 0.15) is 11.5 Å². The molecule has 5 heteroatoms. The Kier molecular flexibility index (Phi) is 9.10. The number of aromatic nitrogens is 5. The van der Waals surface area contributed by atoms with E-state index in [2.05, 4.69) is 192 Å². The summed E-state index contributed by atoms with van der Waals surface area (Å²) in [5, 5.41) is 2.18. The molecule has 11 rings (SSSR count). The summed E-state index contributed by atoms with van der Waals surface area (Å²) in [6, 6.07) is 77.9. The van der Waals surface area contributed by atoms with E-state index in [9.17, 15) is 0 Å². The number of nitrogens with zero attached hydrogens (tertiary/aromatic N) is 5. The molecule has 0 saturated heterocycles. The Morgan fingerprint density at radius 1 is 0.262 bits per heavy atom. The summed E-state index contributed by atoms with van der Waals surface area (Å²) >= 11 is 0. The number of rotatable bonds is 8. The topological polar surface area (TPSA) is 56.0 Å². The molecule has 0 radical (unpaired) electrons. The molecule has 0 aliphatic carbocycles. The summed E-state index contributed by atoms with van der Waals surface area (Å²) in [6.07, 6.45) is 0. The fourth-order valence-corrected chi connectivity index (χ4v) is 8.18. The second-order valence-corrected chi connectivity index (χ2v) is 15.1. The van der Waals surface area contributed by atoms with Crippen molar-refractivity contribution in [1.29, 1.82) is 0 Å². The second-order valence-electron chi connectivity index (χ2n) is 15.1. The monoisotopic (exact) mass is 779 g/mol. The Bertz CT molecular complexity index is 3190. The molecule has 8 aromatic carbocycles. The van der Waals surface area contributed by atoms with Crippen molar-refractivity contribution >= 4 is 16.4 Å². The van der Waals surface area contributed by atoms with Gasteiger partial charge in [0.2, 0.25) is 0 Å². The van der Waals surface area contributed by atoms with Gasteiger partial charge in [-0.2, -0.15) is 0 Å². The number of hydrogen-bond donors (Lipinski definition) is 0. The van der Waals surface area contributed by atoms with E-state index in [1.807, 2.05) is 36.4 Å². The molecule has 11 aromatic rings. The Morgan fingerprint density at radius 2 is 0.623 bits per heavy atom. The molecule has 0 saturated carbocycles. The number of fused-ring (bicyclic) bond motifs is 3. The summed E-state index contributed by atoms with van der Waals surface area (Å²) in [5.41, 5.74) is 14.3. The fraction of sp³-hybridized carbons (Fsp3) is 0. The van der Waals surface area contributed by atoms with Crippen LogP contribution in [0.25, 0.3) is 107 Å². The van der Waals surface area contributed by atoms with E-state index >= 15 is 0 Å². The molecule has 0 amide bonds. The zero-order chi connectivity index (χ0) is 40.5. The van der Waals surface area contributed by atoms with E-state index in [0.29, 0.717) is 11.6 Å². The molecule has 5 nitrogen and oxygen atoms in total. The van der Waals surface area contributed by atoms with Gasteiger partial charge in [0.15, 0.2) is 11.6 Å². The van der Waals surface area contributed by atoms with Gasteiger partial charge in [0.05, 0.1) is 17.1 Å². The van der Waals surface area contributed by atoms with Gasteiger partial charge in [-0.3, -0.25) is 4.40 Å². The van der Waals surface area contributed by atoms with Crippen LogP contribution in [0, 0.1) is 0 Å². The molecule has 0 bridgehead atoms. The molecule has 0 aliphatic rings. The number of benzene rings is 8. The van der Waals surface area contributed by atoms with Gasteiger partial charge in [0.25, 0.3) is 0 Å². The molecule has 61 heavy (non-hydrogen) atoms. The van der Waals surface area contributed by atoms with Crippen molar-refractivity contribution in [3.05, 3.63) is 224 Å². The van der Waals surface area contributed by atoms with E-state index in [0.717, 1.165) is 83.8 Å². The minimum atomic E-state index is 0.672. The summed E-state index contributed by atoms with van der Waals surface area (Å²) in [6.45, 7) is 0. The van der Waals surface area contributed by atoms with Crippen LogP contribution in [0.5, 0.6) is 0 Å². The summed E-state index contributed by atoms with van der Waals surface area (Å²) in [4.78, 5) is 20.9. The molecule has 0 spiro atoms. The first kappa shape index (κ1) is 35.8. The zero-order valence-corrected chi connectivity index (χ0v) is 33.1. The zero-order valence-electron chi connectivity index (χ0n) is 33.1. The van der Waals surface area contributed by atoms with Crippen molar-refractivity contribution in [2.75, 3.05) is 0 Å². The van der Waals surface area contributed by atoms with Gasteiger partial charge in [-0.1, -0.05) is 218 Å². The third-order valence-electron chi connectivity index (χ3n) is 11.3. The molecule has 0 fully saturated rings. The Labute approximate surface area is 354 Å². The van der Waals surface area contributed by atoms with Crippen LogP contribution in [0.15, 0.2) is 224 Å². The molecule has 286 valence electrons. The molecular formula is C56H37N5. The minimum absolute atomic E-state index is 0.672. The lowest BCUT2D eigenvalue weighted by atomic mass is 10.0. The van der Waals surface area contributed by atoms with E-state index in [4.69, 9.17) is 19.9 Å². The van der Waals surface area contributed by atoms with Crippen molar-refractivity contribution in [2.45, 2.75) is 0 Å². The predicted molar refractivity (Wildman–Crippen MR) is 250 cm³/mol. The highest BCUT2D eigenvalue weighted by atomic mass is 15.1. The van der Waals surface area contributed by atoms with E-state index in [-0.39, 0.29) is 0 Å². The van der Waals surface area contributed by atoms with Crippen LogP contribution in [0.4, 0.5) is 0 Å². The van der Waals surface area contributed by atoms with Crippen molar-refractivity contribution in [3.8, 4) is 90.2 Å². The van der Waals surface area contributed by atoms with Gasteiger partial charge in [0, 0.05) is 38.6 Å². The summed E-state index contributed by atoms with van der Waals surface area (Å²) < 4.78 is 2.22. The van der Waals surface area contributed by atoms with Crippen LogP contribution >= 0.6 is 0 Å². The highest BCUT2D eigenvalue weighted by Crippen LogP contribution is 2.39. The third kappa shape index (κ3) is 6.84. The van der Waals surface area contributed by atoms with Crippen molar-refractivity contribution in [3.63, 3.8) is 0 Å². The smallest absolute Gasteiger partial charge is 0.163 e. The third-order valence-corrected chi connectivity index (χ3v) is 11.3. The van der Waals surface area contributed by atoms with Gasteiger partial charge in [-0.15, -0.1) is 0 Å². The predicted octanol–water partition coefficient (Wildman–Crippen LogP) is 14.0. The molecule has 0 N–H and O–H groups in total. The van der Waals surface area contributed by atoms with Crippen LogP contribution in [-0.4, -0.2) is 24.3 Å². The molecule has 3 heterocycles. The van der Waals surface area contributed by atoms with Crippen molar-refractivity contribution < 1.29 is 0 Å². The molecular weight excluding hydrogens is 743 g/mol. The van der Waals surface area contributed by atoms with Gasteiger partial charge in [-0.05, 0) is 33.9 Å². The quantitative estimate of drug-likeness (QED) is 0.154. The van der Waals surface area contributed by atoms with Crippen LogP contribution < -0.4 is 0 Å².